The predicted molar refractivity (Wildman–Crippen MR) is 118 cm³/mol. The zero-order valence-electron chi connectivity index (χ0n) is 16.2. The zero-order chi connectivity index (χ0) is 19.9. The van der Waals surface area contributed by atoms with Gasteiger partial charge in [-0.1, -0.05) is 60.7 Å². The molecule has 0 bridgehead atoms. The van der Waals surface area contributed by atoms with Gasteiger partial charge in [0.1, 0.15) is 11.6 Å². The van der Waals surface area contributed by atoms with Crippen molar-refractivity contribution < 1.29 is 4.74 Å². The van der Waals surface area contributed by atoms with Crippen LogP contribution in [0.1, 0.15) is 5.56 Å². The lowest BCUT2D eigenvalue weighted by Gasteiger charge is -2.12. The molecular formula is C24H22N4O. The molecule has 4 aromatic rings. The van der Waals surface area contributed by atoms with Gasteiger partial charge in [0.05, 0.1) is 12.8 Å². The van der Waals surface area contributed by atoms with Crippen molar-refractivity contribution in [2.75, 3.05) is 17.7 Å². The predicted octanol–water partition coefficient (Wildman–Crippen LogP) is 5.51. The van der Waals surface area contributed by atoms with E-state index >= 15 is 0 Å². The Morgan fingerprint density at radius 1 is 0.793 bits per heavy atom. The highest BCUT2D eigenvalue weighted by molar-refractivity contribution is 5.67. The maximum absolute atomic E-state index is 5.23. The highest BCUT2D eigenvalue weighted by Gasteiger charge is 2.08. The third-order valence-corrected chi connectivity index (χ3v) is 4.45. The van der Waals surface area contributed by atoms with Crippen LogP contribution >= 0.6 is 0 Å². The molecule has 0 radical (unpaired) electrons. The third kappa shape index (κ3) is 4.90. The average molecular weight is 382 g/mol. The van der Waals surface area contributed by atoms with Crippen LogP contribution in [0.25, 0.3) is 11.3 Å². The standard InChI is InChI=1S/C24H22N4O/c1-29-21-14-12-20(13-15-21)26-23-16-22(19-10-6-3-7-11-19)27-24(28-23)25-17-18-8-4-2-5-9-18/h2-16H,17H2,1H3,(H2,25,26,27,28). The molecule has 0 amide bonds. The van der Waals surface area contributed by atoms with E-state index in [0.29, 0.717) is 12.5 Å². The van der Waals surface area contributed by atoms with E-state index in [1.165, 1.54) is 5.56 Å². The first-order valence-electron chi connectivity index (χ1n) is 9.43. The van der Waals surface area contributed by atoms with E-state index in [1.807, 2.05) is 78.9 Å². The number of methoxy groups -OCH3 is 1. The summed E-state index contributed by atoms with van der Waals surface area (Å²) in [5, 5.41) is 6.69. The molecule has 2 N–H and O–H groups in total. The molecule has 5 heteroatoms. The molecule has 1 heterocycles. The van der Waals surface area contributed by atoms with Gasteiger partial charge in [-0.3, -0.25) is 0 Å². The second-order valence-electron chi connectivity index (χ2n) is 6.52. The van der Waals surface area contributed by atoms with E-state index in [-0.39, 0.29) is 0 Å². The zero-order valence-corrected chi connectivity index (χ0v) is 16.2. The fourth-order valence-corrected chi connectivity index (χ4v) is 2.95. The van der Waals surface area contributed by atoms with Crippen LogP contribution in [-0.2, 0) is 6.54 Å². The number of anilines is 3. The molecule has 29 heavy (non-hydrogen) atoms. The van der Waals surface area contributed by atoms with E-state index in [9.17, 15) is 0 Å². The molecule has 0 saturated carbocycles. The largest absolute Gasteiger partial charge is 0.497 e. The van der Waals surface area contributed by atoms with Gasteiger partial charge in [0, 0.05) is 23.9 Å². The van der Waals surface area contributed by atoms with Crippen LogP contribution in [0.3, 0.4) is 0 Å². The fraction of sp³-hybridized carbons (Fsp3) is 0.0833. The summed E-state index contributed by atoms with van der Waals surface area (Å²) in [6, 6.07) is 30.0. The van der Waals surface area contributed by atoms with Gasteiger partial charge >= 0.3 is 0 Å². The summed E-state index contributed by atoms with van der Waals surface area (Å²) in [6.45, 7) is 0.654. The second-order valence-corrected chi connectivity index (χ2v) is 6.52. The molecule has 0 aliphatic heterocycles. The van der Waals surface area contributed by atoms with E-state index in [4.69, 9.17) is 9.72 Å². The Labute approximate surface area is 170 Å². The number of aromatic nitrogens is 2. The number of hydrogen-bond donors (Lipinski definition) is 2. The molecule has 144 valence electrons. The van der Waals surface area contributed by atoms with Crippen LogP contribution in [-0.4, -0.2) is 17.1 Å². The molecule has 0 spiro atoms. The van der Waals surface area contributed by atoms with Crippen LogP contribution in [0.15, 0.2) is 91.0 Å². The first kappa shape index (κ1) is 18.5. The molecule has 0 fully saturated rings. The molecule has 3 aromatic carbocycles. The van der Waals surface area contributed by atoms with Gasteiger partial charge in [-0.25, -0.2) is 4.98 Å². The monoisotopic (exact) mass is 382 g/mol. The number of rotatable bonds is 7. The average Bonchev–Trinajstić information content (AvgIpc) is 2.79. The van der Waals surface area contributed by atoms with Crippen molar-refractivity contribution in [1.29, 1.82) is 0 Å². The van der Waals surface area contributed by atoms with Crippen molar-refractivity contribution in [3.63, 3.8) is 0 Å². The lowest BCUT2D eigenvalue weighted by molar-refractivity contribution is 0.415. The van der Waals surface area contributed by atoms with E-state index in [2.05, 4.69) is 27.8 Å². The van der Waals surface area contributed by atoms with Crippen molar-refractivity contribution in [1.82, 2.24) is 9.97 Å². The van der Waals surface area contributed by atoms with Crippen LogP contribution in [0.4, 0.5) is 17.5 Å². The summed E-state index contributed by atoms with van der Waals surface area (Å²) >= 11 is 0. The van der Waals surface area contributed by atoms with Gasteiger partial charge in [0.25, 0.3) is 0 Å². The molecule has 0 saturated heterocycles. The summed E-state index contributed by atoms with van der Waals surface area (Å²) < 4.78 is 5.23. The van der Waals surface area contributed by atoms with Crippen molar-refractivity contribution in [3.05, 3.63) is 96.6 Å². The van der Waals surface area contributed by atoms with Crippen molar-refractivity contribution in [2.24, 2.45) is 0 Å². The van der Waals surface area contributed by atoms with Crippen LogP contribution in [0, 0.1) is 0 Å². The lowest BCUT2D eigenvalue weighted by atomic mass is 10.1. The van der Waals surface area contributed by atoms with E-state index in [1.54, 1.807) is 7.11 Å². The van der Waals surface area contributed by atoms with Gasteiger partial charge in [0.2, 0.25) is 5.95 Å². The molecule has 0 aliphatic rings. The quantitative estimate of drug-likeness (QED) is 0.441. The molecule has 5 nitrogen and oxygen atoms in total. The maximum atomic E-state index is 5.23. The van der Waals surface area contributed by atoms with Crippen molar-refractivity contribution in [3.8, 4) is 17.0 Å². The van der Waals surface area contributed by atoms with Gasteiger partial charge in [-0.05, 0) is 29.8 Å². The Balaban J connectivity index is 1.62. The third-order valence-electron chi connectivity index (χ3n) is 4.45. The Bertz CT molecular complexity index is 1050. The molecule has 0 aliphatic carbocycles. The first-order chi connectivity index (χ1) is 14.3. The van der Waals surface area contributed by atoms with Gasteiger partial charge in [0.15, 0.2) is 0 Å². The highest BCUT2D eigenvalue weighted by atomic mass is 16.5. The minimum atomic E-state index is 0.575. The van der Waals surface area contributed by atoms with Crippen molar-refractivity contribution >= 4 is 17.5 Å². The first-order valence-corrected chi connectivity index (χ1v) is 9.43. The number of nitrogens with one attached hydrogen (secondary N) is 2. The fourth-order valence-electron chi connectivity index (χ4n) is 2.95. The second kappa shape index (κ2) is 8.89. The summed E-state index contributed by atoms with van der Waals surface area (Å²) in [5.41, 5.74) is 3.99. The number of benzene rings is 3. The Morgan fingerprint density at radius 2 is 1.48 bits per heavy atom. The minimum absolute atomic E-state index is 0.575. The van der Waals surface area contributed by atoms with E-state index < -0.39 is 0 Å². The summed E-state index contributed by atoms with van der Waals surface area (Å²) in [4.78, 5) is 9.35. The van der Waals surface area contributed by atoms with Crippen LogP contribution in [0.5, 0.6) is 5.75 Å². The lowest BCUT2D eigenvalue weighted by Crippen LogP contribution is -2.06. The van der Waals surface area contributed by atoms with Gasteiger partial charge in [-0.2, -0.15) is 4.98 Å². The SMILES string of the molecule is COc1ccc(Nc2cc(-c3ccccc3)nc(NCc3ccccc3)n2)cc1. The molecule has 4 rings (SSSR count). The normalized spacial score (nSPS) is 10.4. The van der Waals surface area contributed by atoms with Crippen molar-refractivity contribution in [2.45, 2.75) is 6.54 Å². The summed E-state index contributed by atoms with van der Waals surface area (Å²) in [5.74, 6) is 2.11. The van der Waals surface area contributed by atoms with Gasteiger partial charge < -0.3 is 15.4 Å². The number of hydrogen-bond acceptors (Lipinski definition) is 5. The van der Waals surface area contributed by atoms with E-state index in [0.717, 1.165) is 28.5 Å². The molecule has 0 atom stereocenters. The minimum Gasteiger partial charge on any atom is -0.497 e. The summed E-state index contributed by atoms with van der Waals surface area (Å²) in [7, 11) is 1.66. The highest BCUT2D eigenvalue weighted by Crippen LogP contribution is 2.24. The molecule has 1 aromatic heterocycles. The smallest absolute Gasteiger partial charge is 0.225 e. The number of ether oxygens (including phenoxy) is 1. The Kier molecular flexibility index (Phi) is 5.67. The topological polar surface area (TPSA) is 59.1 Å². The Morgan fingerprint density at radius 3 is 2.17 bits per heavy atom. The molecule has 0 unspecified atom stereocenters. The van der Waals surface area contributed by atoms with Gasteiger partial charge in [-0.15, -0.1) is 0 Å². The van der Waals surface area contributed by atoms with Crippen LogP contribution < -0.4 is 15.4 Å². The number of nitrogens with zero attached hydrogens (tertiary/aromatic N) is 2. The summed E-state index contributed by atoms with van der Waals surface area (Å²) in [6.07, 6.45) is 0. The maximum Gasteiger partial charge on any atom is 0.225 e. The Hall–Kier alpha value is -3.86. The van der Waals surface area contributed by atoms with Crippen LogP contribution in [0.2, 0.25) is 0 Å². The molecular weight excluding hydrogens is 360 g/mol.